The Morgan fingerprint density at radius 3 is 2.22 bits per heavy atom. The first-order valence-electron chi connectivity index (χ1n) is 13.6. The number of thiophene rings is 1. The van der Waals surface area contributed by atoms with E-state index in [-0.39, 0.29) is 29.4 Å². The lowest BCUT2D eigenvalue weighted by atomic mass is 9.71. The largest absolute Gasteiger partial charge is 0.383 e. The number of carbonyl (C=O) groups excluding carboxylic acids is 3. The monoisotopic (exact) mass is 615 g/mol. The summed E-state index contributed by atoms with van der Waals surface area (Å²) < 4.78 is 10.9. The normalized spacial score (nSPS) is 19.3. The van der Waals surface area contributed by atoms with Crippen LogP contribution in [0, 0.1) is 19.3 Å². The number of benzene rings is 2. The Morgan fingerprint density at radius 2 is 1.76 bits per heavy atom. The Labute approximate surface area is 255 Å². The third-order valence-corrected chi connectivity index (χ3v) is 9.39. The van der Waals surface area contributed by atoms with E-state index in [1.807, 2.05) is 45.9 Å². The molecule has 2 heterocycles. The molecular formula is C32H35Cl2NO5S. The van der Waals surface area contributed by atoms with Gasteiger partial charge in [-0.25, -0.2) is 0 Å². The maximum Gasteiger partial charge on any atom is 0.242 e. The smallest absolute Gasteiger partial charge is 0.242 e. The molecule has 1 fully saturated rings. The second-order valence-corrected chi connectivity index (χ2v) is 12.4. The van der Waals surface area contributed by atoms with E-state index in [0.29, 0.717) is 42.2 Å². The number of amides is 1. The number of methoxy groups -OCH3 is 1. The average Bonchev–Trinajstić information content (AvgIpc) is 3.64. The molecule has 41 heavy (non-hydrogen) atoms. The standard InChI is InChI=1S/C20H17ClO3.C12H18ClNO2S/c1-2-19(17(22)15-8-3-4-9-16(15)18(19)23)11-20(12-24-20)13-6-5-7-14(21)10-13;1-8-7-17-10(3)12(8)14(11(15)5-13)9(2)6-16-4/h3-10H,2,11-12H2,1H3;7,9H,5-6H2,1-4H3. The Kier molecular flexibility index (Phi) is 9.77. The molecule has 1 amide bonds. The van der Waals surface area contributed by atoms with Crippen molar-refractivity contribution in [2.45, 2.75) is 52.2 Å². The van der Waals surface area contributed by atoms with Gasteiger partial charge in [0.2, 0.25) is 5.91 Å². The van der Waals surface area contributed by atoms with E-state index in [1.165, 1.54) is 0 Å². The summed E-state index contributed by atoms with van der Waals surface area (Å²) in [6.07, 6.45) is 0.828. The number of rotatable bonds is 9. The molecular weight excluding hydrogens is 581 g/mol. The number of anilines is 1. The van der Waals surface area contributed by atoms with Crippen molar-refractivity contribution in [3.8, 4) is 0 Å². The van der Waals surface area contributed by atoms with Crippen LogP contribution in [0.4, 0.5) is 5.69 Å². The van der Waals surface area contributed by atoms with E-state index in [9.17, 15) is 14.4 Å². The lowest BCUT2D eigenvalue weighted by Gasteiger charge is -2.29. The Bertz CT molecular complexity index is 1390. The molecule has 0 radical (unpaired) electrons. The first-order valence-corrected chi connectivity index (χ1v) is 15.3. The van der Waals surface area contributed by atoms with Crippen LogP contribution in [-0.4, -0.2) is 49.7 Å². The van der Waals surface area contributed by atoms with Crippen LogP contribution in [0.5, 0.6) is 0 Å². The zero-order chi connectivity index (χ0) is 29.9. The molecule has 0 bridgehead atoms. The second-order valence-electron chi connectivity index (χ2n) is 10.6. The number of carbonyl (C=O) groups is 3. The zero-order valence-corrected chi connectivity index (χ0v) is 26.3. The third-order valence-electron chi connectivity index (χ3n) is 7.91. The van der Waals surface area contributed by atoms with Crippen molar-refractivity contribution in [2.24, 2.45) is 5.41 Å². The van der Waals surface area contributed by atoms with E-state index in [0.717, 1.165) is 21.7 Å². The van der Waals surface area contributed by atoms with Gasteiger partial charge in [0, 0.05) is 34.6 Å². The van der Waals surface area contributed by atoms with Crippen molar-refractivity contribution in [3.63, 3.8) is 0 Å². The molecule has 1 aromatic heterocycles. The van der Waals surface area contributed by atoms with Gasteiger partial charge < -0.3 is 14.4 Å². The minimum atomic E-state index is -1.04. The van der Waals surface area contributed by atoms with Gasteiger partial charge in [-0.15, -0.1) is 22.9 Å². The van der Waals surface area contributed by atoms with E-state index < -0.39 is 11.0 Å². The number of ether oxygens (including phenoxy) is 2. The minimum Gasteiger partial charge on any atom is -0.383 e. The predicted octanol–water partition coefficient (Wildman–Crippen LogP) is 7.40. The molecule has 6 nitrogen and oxygen atoms in total. The van der Waals surface area contributed by atoms with Gasteiger partial charge in [0.15, 0.2) is 11.6 Å². The maximum absolute atomic E-state index is 13.1. The van der Waals surface area contributed by atoms with E-state index >= 15 is 0 Å². The quantitative estimate of drug-likeness (QED) is 0.142. The van der Waals surface area contributed by atoms with Crippen LogP contribution in [-0.2, 0) is 19.9 Å². The molecule has 0 spiro atoms. The minimum absolute atomic E-state index is 0.0111. The number of hydrogen-bond acceptors (Lipinski definition) is 6. The first kappa shape index (κ1) is 31.4. The number of nitrogens with zero attached hydrogens (tertiary/aromatic N) is 1. The summed E-state index contributed by atoms with van der Waals surface area (Å²) in [4.78, 5) is 41.0. The number of aryl methyl sites for hydroxylation is 2. The molecule has 2 aliphatic rings. The van der Waals surface area contributed by atoms with Crippen molar-refractivity contribution < 1.29 is 23.9 Å². The van der Waals surface area contributed by atoms with E-state index in [1.54, 1.807) is 53.7 Å². The number of halogens is 2. The van der Waals surface area contributed by atoms with Crippen molar-refractivity contribution in [3.05, 3.63) is 86.1 Å². The zero-order valence-electron chi connectivity index (χ0n) is 24.0. The van der Waals surface area contributed by atoms with Gasteiger partial charge in [0.25, 0.3) is 0 Å². The first-order chi connectivity index (χ1) is 19.5. The van der Waals surface area contributed by atoms with Gasteiger partial charge >= 0.3 is 0 Å². The van der Waals surface area contributed by atoms with Crippen molar-refractivity contribution in [2.75, 3.05) is 31.1 Å². The Balaban J connectivity index is 0.000000202. The molecule has 218 valence electrons. The predicted molar refractivity (Wildman–Crippen MR) is 165 cm³/mol. The molecule has 0 saturated carbocycles. The van der Waals surface area contributed by atoms with E-state index in [2.05, 4.69) is 5.38 Å². The summed E-state index contributed by atoms with van der Waals surface area (Å²) in [6, 6.07) is 14.5. The summed E-state index contributed by atoms with van der Waals surface area (Å²) in [5.74, 6) is -0.256. The number of Topliss-reactive ketones (excluding diaryl/α,β-unsaturated/α-hetero) is 2. The highest BCUT2D eigenvalue weighted by atomic mass is 35.5. The van der Waals surface area contributed by atoms with E-state index in [4.69, 9.17) is 32.7 Å². The molecule has 3 aromatic rings. The summed E-state index contributed by atoms with van der Waals surface area (Å²) in [5, 5.41) is 2.68. The van der Waals surface area contributed by atoms with Crippen molar-refractivity contribution >= 4 is 57.7 Å². The SMILES string of the molecule is CCC1(CC2(c3cccc(Cl)c3)CO2)C(=O)c2ccccc2C1=O.COCC(C)N(C(=O)CCl)c1c(C)csc1C. The van der Waals surface area contributed by atoms with Crippen LogP contribution in [0.3, 0.4) is 0 Å². The van der Waals surface area contributed by atoms with Crippen molar-refractivity contribution in [1.82, 2.24) is 0 Å². The van der Waals surface area contributed by atoms with Crippen LogP contribution in [0.1, 0.15) is 63.4 Å². The topological polar surface area (TPSA) is 76.2 Å². The summed E-state index contributed by atoms with van der Waals surface area (Å²) in [6.45, 7) is 8.89. The van der Waals surface area contributed by atoms with Crippen LogP contribution < -0.4 is 4.90 Å². The highest BCUT2D eigenvalue weighted by Crippen LogP contribution is 2.53. The molecule has 5 rings (SSSR count). The summed E-state index contributed by atoms with van der Waals surface area (Å²) in [5.41, 5.74) is 2.45. The average molecular weight is 617 g/mol. The number of ketones is 2. The number of hydrogen-bond donors (Lipinski definition) is 0. The van der Waals surface area contributed by atoms with Crippen LogP contribution in [0.15, 0.2) is 53.9 Å². The molecule has 1 saturated heterocycles. The van der Waals surface area contributed by atoms with Crippen LogP contribution >= 0.6 is 34.5 Å². The highest BCUT2D eigenvalue weighted by Gasteiger charge is 2.60. The molecule has 9 heteroatoms. The fourth-order valence-electron chi connectivity index (χ4n) is 5.72. The molecule has 1 aliphatic heterocycles. The van der Waals surface area contributed by atoms with Gasteiger partial charge in [0.1, 0.15) is 11.5 Å². The lowest BCUT2D eigenvalue weighted by Crippen LogP contribution is -2.42. The number of alkyl halides is 1. The fraction of sp³-hybridized carbons (Fsp3) is 0.406. The van der Waals surface area contributed by atoms with Crippen molar-refractivity contribution in [1.29, 1.82) is 0 Å². The highest BCUT2D eigenvalue weighted by molar-refractivity contribution is 7.10. The molecule has 2 aromatic carbocycles. The van der Waals surface area contributed by atoms with Gasteiger partial charge in [-0.1, -0.05) is 54.9 Å². The van der Waals surface area contributed by atoms with Gasteiger partial charge in [-0.05, 0) is 55.8 Å². The Hall–Kier alpha value is -2.55. The lowest BCUT2D eigenvalue weighted by molar-refractivity contribution is -0.116. The summed E-state index contributed by atoms with van der Waals surface area (Å²) >= 11 is 13.4. The number of fused-ring (bicyclic) bond motifs is 1. The maximum atomic E-state index is 13.1. The molecule has 2 unspecified atom stereocenters. The second kappa shape index (κ2) is 12.8. The fourth-order valence-corrected chi connectivity index (χ4v) is 6.87. The number of epoxide rings is 1. The van der Waals surface area contributed by atoms with Crippen LogP contribution in [0.2, 0.25) is 5.02 Å². The molecule has 2 atom stereocenters. The van der Waals surface area contributed by atoms with Gasteiger partial charge in [-0.2, -0.15) is 0 Å². The third kappa shape index (κ3) is 6.02. The van der Waals surface area contributed by atoms with Gasteiger partial charge in [-0.3, -0.25) is 14.4 Å². The summed E-state index contributed by atoms with van der Waals surface area (Å²) in [7, 11) is 1.63. The molecule has 1 aliphatic carbocycles. The van der Waals surface area contributed by atoms with Gasteiger partial charge in [0.05, 0.1) is 30.4 Å². The molecule has 0 N–H and O–H groups in total. The Morgan fingerprint density at radius 1 is 1.12 bits per heavy atom. The van der Waals surface area contributed by atoms with Crippen LogP contribution in [0.25, 0.3) is 0 Å².